The first-order valence-corrected chi connectivity index (χ1v) is 6.21. The first kappa shape index (κ1) is 14.3. The normalized spacial score (nSPS) is 13.7. The lowest BCUT2D eigenvalue weighted by atomic mass is 9.95. The summed E-state index contributed by atoms with van der Waals surface area (Å²) in [5.74, 6) is 1.00. The highest BCUT2D eigenvalue weighted by atomic mass is 32.1. The van der Waals surface area contributed by atoms with Gasteiger partial charge in [-0.05, 0) is 66.7 Å². The third kappa shape index (κ3) is 5.26. The van der Waals surface area contributed by atoms with E-state index in [4.69, 9.17) is 0 Å². The molecule has 0 unspecified atom stereocenters. The van der Waals surface area contributed by atoms with Crippen LogP contribution in [0.25, 0.3) is 0 Å². The maximum atomic E-state index is 4.25. The van der Waals surface area contributed by atoms with Gasteiger partial charge < -0.3 is 0 Å². The van der Waals surface area contributed by atoms with E-state index in [1.165, 1.54) is 19.4 Å². The molecule has 0 aromatic rings. The summed E-state index contributed by atoms with van der Waals surface area (Å²) in [6.45, 7) is 14.9. The molecule has 0 atom stereocenters. The largest absolute Gasteiger partial charge is 0.294 e. The molecule has 2 heteroatoms. The minimum absolute atomic E-state index is 0.259. The monoisotopic (exact) mass is 217 g/mol. The third-order valence-corrected chi connectivity index (χ3v) is 2.73. The van der Waals surface area contributed by atoms with Crippen molar-refractivity contribution in [2.45, 2.75) is 65.5 Å². The van der Waals surface area contributed by atoms with Crippen molar-refractivity contribution in [3.8, 4) is 0 Å². The molecular weight excluding hydrogens is 190 g/mol. The Morgan fingerprint density at radius 2 is 1.29 bits per heavy atom. The van der Waals surface area contributed by atoms with E-state index in [-0.39, 0.29) is 11.1 Å². The SMILES string of the molecule is CC(C)(C)N(CCCCS)C(C)(C)C. The Kier molecular flexibility index (Phi) is 5.53. The molecule has 86 valence electrons. The van der Waals surface area contributed by atoms with Crippen LogP contribution < -0.4 is 0 Å². The van der Waals surface area contributed by atoms with Gasteiger partial charge in [-0.1, -0.05) is 0 Å². The average molecular weight is 217 g/mol. The molecule has 0 aliphatic rings. The van der Waals surface area contributed by atoms with Crippen molar-refractivity contribution in [3.63, 3.8) is 0 Å². The van der Waals surface area contributed by atoms with Gasteiger partial charge in [0.05, 0.1) is 0 Å². The van der Waals surface area contributed by atoms with Gasteiger partial charge in [0.2, 0.25) is 0 Å². The molecular formula is C12H27NS. The Morgan fingerprint density at radius 1 is 0.857 bits per heavy atom. The van der Waals surface area contributed by atoms with Crippen LogP contribution in [0.5, 0.6) is 0 Å². The standard InChI is InChI=1S/C12H27NS/c1-11(2,3)13(12(4,5)6)9-7-8-10-14/h14H,7-10H2,1-6H3. The highest BCUT2D eigenvalue weighted by Gasteiger charge is 2.30. The van der Waals surface area contributed by atoms with E-state index in [9.17, 15) is 0 Å². The van der Waals surface area contributed by atoms with Crippen molar-refractivity contribution >= 4 is 12.6 Å². The summed E-state index contributed by atoms with van der Waals surface area (Å²) in [5.41, 5.74) is 0.518. The molecule has 0 bridgehead atoms. The number of hydrogen-bond donors (Lipinski definition) is 1. The smallest absolute Gasteiger partial charge is 0.0130 e. The highest BCUT2D eigenvalue weighted by Crippen LogP contribution is 2.24. The van der Waals surface area contributed by atoms with Crippen LogP contribution in [-0.2, 0) is 0 Å². The summed E-state index contributed by atoms with van der Waals surface area (Å²) < 4.78 is 0. The van der Waals surface area contributed by atoms with Gasteiger partial charge in [0.25, 0.3) is 0 Å². The molecule has 14 heavy (non-hydrogen) atoms. The average Bonchev–Trinajstić information content (AvgIpc) is 1.92. The lowest BCUT2D eigenvalue weighted by Crippen LogP contribution is -2.52. The van der Waals surface area contributed by atoms with E-state index in [2.05, 4.69) is 59.1 Å². The molecule has 1 nitrogen and oxygen atoms in total. The van der Waals surface area contributed by atoms with Crippen LogP contribution in [0.1, 0.15) is 54.4 Å². The van der Waals surface area contributed by atoms with Crippen molar-refractivity contribution < 1.29 is 0 Å². The van der Waals surface area contributed by atoms with Gasteiger partial charge in [0.15, 0.2) is 0 Å². The Morgan fingerprint density at radius 3 is 1.57 bits per heavy atom. The third-order valence-electron chi connectivity index (χ3n) is 2.41. The zero-order chi connectivity index (χ0) is 11.4. The molecule has 0 aromatic carbocycles. The van der Waals surface area contributed by atoms with Crippen LogP contribution in [-0.4, -0.2) is 28.3 Å². The summed E-state index contributed by atoms with van der Waals surface area (Å²) in [6, 6.07) is 0. The Bertz CT molecular complexity index is 139. The van der Waals surface area contributed by atoms with E-state index < -0.39 is 0 Å². The lowest BCUT2D eigenvalue weighted by Gasteiger charge is -2.45. The Balaban J connectivity index is 4.28. The summed E-state index contributed by atoms with van der Waals surface area (Å²) in [4.78, 5) is 2.57. The van der Waals surface area contributed by atoms with Crippen molar-refractivity contribution in [2.24, 2.45) is 0 Å². The fourth-order valence-electron chi connectivity index (χ4n) is 2.06. The van der Waals surface area contributed by atoms with Gasteiger partial charge in [-0.2, -0.15) is 12.6 Å². The van der Waals surface area contributed by atoms with Gasteiger partial charge in [-0.15, -0.1) is 0 Å². The number of nitrogens with zero attached hydrogens (tertiary/aromatic N) is 1. The number of thiol groups is 1. The minimum Gasteiger partial charge on any atom is -0.294 e. The maximum absolute atomic E-state index is 4.25. The van der Waals surface area contributed by atoms with Crippen molar-refractivity contribution in [3.05, 3.63) is 0 Å². The fourth-order valence-corrected chi connectivity index (χ4v) is 2.28. The first-order valence-electron chi connectivity index (χ1n) is 5.58. The second-order valence-corrected chi connectivity index (χ2v) is 6.37. The van der Waals surface area contributed by atoms with Crippen LogP contribution in [0.3, 0.4) is 0 Å². The molecule has 0 amide bonds. The van der Waals surface area contributed by atoms with E-state index in [0.29, 0.717) is 0 Å². The van der Waals surface area contributed by atoms with E-state index in [1.807, 2.05) is 0 Å². The van der Waals surface area contributed by atoms with Crippen LogP contribution >= 0.6 is 12.6 Å². The number of rotatable bonds is 4. The van der Waals surface area contributed by atoms with Crippen LogP contribution in [0.15, 0.2) is 0 Å². The van der Waals surface area contributed by atoms with Gasteiger partial charge in [-0.25, -0.2) is 0 Å². The highest BCUT2D eigenvalue weighted by molar-refractivity contribution is 7.80. The van der Waals surface area contributed by atoms with Crippen LogP contribution in [0.2, 0.25) is 0 Å². The second-order valence-electron chi connectivity index (χ2n) is 5.92. The van der Waals surface area contributed by atoms with Crippen molar-refractivity contribution in [1.29, 1.82) is 0 Å². The van der Waals surface area contributed by atoms with Crippen molar-refractivity contribution in [1.82, 2.24) is 4.90 Å². The lowest BCUT2D eigenvalue weighted by molar-refractivity contribution is 0.0373. The van der Waals surface area contributed by atoms with Gasteiger partial charge in [-0.3, -0.25) is 4.90 Å². The molecule has 0 aromatic heterocycles. The van der Waals surface area contributed by atoms with Crippen LogP contribution in [0.4, 0.5) is 0 Å². The zero-order valence-corrected chi connectivity index (χ0v) is 11.6. The molecule has 0 saturated carbocycles. The summed E-state index contributed by atoms with van der Waals surface area (Å²) in [7, 11) is 0. The Labute approximate surface area is 95.7 Å². The zero-order valence-electron chi connectivity index (χ0n) is 10.7. The molecule has 0 radical (unpaired) electrons. The summed E-state index contributed by atoms with van der Waals surface area (Å²) >= 11 is 4.25. The van der Waals surface area contributed by atoms with E-state index in [1.54, 1.807) is 0 Å². The minimum atomic E-state index is 0.259. The summed E-state index contributed by atoms with van der Waals surface area (Å²) in [6.07, 6.45) is 2.46. The summed E-state index contributed by atoms with van der Waals surface area (Å²) in [5, 5.41) is 0. The predicted octanol–water partition coefficient (Wildman–Crippen LogP) is 3.60. The fraction of sp³-hybridized carbons (Fsp3) is 1.00. The topological polar surface area (TPSA) is 3.24 Å². The first-order chi connectivity index (χ1) is 6.19. The molecule has 0 fully saturated rings. The quantitative estimate of drug-likeness (QED) is 0.556. The predicted molar refractivity (Wildman–Crippen MR) is 69.3 cm³/mol. The Hall–Kier alpha value is 0.310. The molecule has 0 heterocycles. The molecule has 0 N–H and O–H groups in total. The second kappa shape index (κ2) is 5.41. The molecule has 0 spiro atoms. The molecule has 0 rings (SSSR count). The molecule has 0 aliphatic heterocycles. The van der Waals surface area contributed by atoms with E-state index >= 15 is 0 Å². The van der Waals surface area contributed by atoms with E-state index in [0.717, 1.165) is 5.75 Å². The molecule has 0 saturated heterocycles. The maximum Gasteiger partial charge on any atom is 0.0130 e. The van der Waals surface area contributed by atoms with Crippen LogP contribution in [0, 0.1) is 0 Å². The number of unbranched alkanes of at least 4 members (excludes halogenated alkanes) is 1. The number of hydrogen-bond acceptors (Lipinski definition) is 2. The van der Waals surface area contributed by atoms with Gasteiger partial charge >= 0.3 is 0 Å². The molecule has 0 aliphatic carbocycles. The van der Waals surface area contributed by atoms with Crippen molar-refractivity contribution in [2.75, 3.05) is 12.3 Å². The van der Waals surface area contributed by atoms with Gasteiger partial charge in [0.1, 0.15) is 0 Å². The van der Waals surface area contributed by atoms with Gasteiger partial charge in [0, 0.05) is 11.1 Å².